The minimum Gasteiger partial charge on any atom is -0.327 e. The van der Waals surface area contributed by atoms with Crippen molar-refractivity contribution in [1.82, 2.24) is 0 Å². The lowest BCUT2D eigenvalue weighted by Crippen LogP contribution is -2.07. The molecular weight excluding hydrogens is 258 g/mol. The summed E-state index contributed by atoms with van der Waals surface area (Å²) in [6.07, 6.45) is 3.96. The molecule has 0 fully saturated rings. The van der Waals surface area contributed by atoms with Crippen molar-refractivity contribution in [3.8, 4) is 0 Å². The lowest BCUT2D eigenvalue weighted by atomic mass is 10.1. The molecular formula is C15H23NO2S. The Morgan fingerprint density at radius 3 is 2.37 bits per heavy atom. The van der Waals surface area contributed by atoms with E-state index in [2.05, 4.69) is 6.92 Å². The van der Waals surface area contributed by atoms with Crippen LogP contribution in [0.2, 0.25) is 0 Å². The third-order valence-electron chi connectivity index (χ3n) is 3.03. The van der Waals surface area contributed by atoms with E-state index < -0.39 is 9.84 Å². The van der Waals surface area contributed by atoms with Crippen LogP contribution in [0.4, 0.5) is 0 Å². The Labute approximate surface area is 116 Å². The number of hydrogen-bond donors (Lipinski definition) is 1. The molecule has 0 amide bonds. The van der Waals surface area contributed by atoms with Gasteiger partial charge >= 0.3 is 0 Å². The monoisotopic (exact) mass is 281 g/mol. The Balaban J connectivity index is 2.89. The maximum Gasteiger partial charge on any atom is 0.199 e. The minimum atomic E-state index is -3.37. The van der Waals surface area contributed by atoms with Crippen LogP contribution in [0.3, 0.4) is 0 Å². The molecule has 3 nitrogen and oxygen atoms in total. The zero-order valence-electron chi connectivity index (χ0n) is 11.7. The highest BCUT2D eigenvalue weighted by Crippen LogP contribution is 2.17. The largest absolute Gasteiger partial charge is 0.327 e. The highest BCUT2D eigenvalue weighted by Gasteiger charge is 2.12. The van der Waals surface area contributed by atoms with Crippen molar-refractivity contribution < 1.29 is 8.42 Å². The van der Waals surface area contributed by atoms with Gasteiger partial charge in [0.2, 0.25) is 0 Å². The Bertz CT molecular complexity index is 516. The lowest BCUT2D eigenvalue weighted by molar-refractivity contribution is 0.603. The number of unbranched alkanes of at least 4 members (excludes halogenated alkanes) is 2. The van der Waals surface area contributed by atoms with Crippen molar-refractivity contribution in [2.75, 3.05) is 6.54 Å². The summed E-state index contributed by atoms with van der Waals surface area (Å²) in [6, 6.07) is 6.89. The smallest absolute Gasteiger partial charge is 0.199 e. The van der Waals surface area contributed by atoms with Crippen LogP contribution in [-0.2, 0) is 9.84 Å². The molecule has 106 valence electrons. The van der Waals surface area contributed by atoms with Crippen molar-refractivity contribution in [1.29, 1.82) is 0 Å². The quantitative estimate of drug-likeness (QED) is 0.781. The fourth-order valence-electron chi connectivity index (χ4n) is 1.83. The zero-order chi connectivity index (χ0) is 14.3. The van der Waals surface area contributed by atoms with Crippen molar-refractivity contribution in [2.45, 2.75) is 44.4 Å². The molecule has 0 radical (unpaired) electrons. The third kappa shape index (κ3) is 5.17. The van der Waals surface area contributed by atoms with Gasteiger partial charge in [0.05, 0.1) is 4.90 Å². The van der Waals surface area contributed by atoms with E-state index >= 15 is 0 Å². The Hall–Kier alpha value is -1.13. The summed E-state index contributed by atoms with van der Waals surface area (Å²) < 4.78 is 24.4. The van der Waals surface area contributed by atoms with Gasteiger partial charge in [-0.05, 0) is 37.5 Å². The maximum atomic E-state index is 12.2. The Morgan fingerprint density at radius 1 is 1.21 bits per heavy atom. The van der Waals surface area contributed by atoms with E-state index in [9.17, 15) is 8.42 Å². The second kappa shape index (κ2) is 7.46. The standard InChI is InChI=1S/C15H23NO2S/c1-3-4-5-6-14(11-16)12-19(17,18)15-9-7-13(2)8-10-15/h7-10,12H,3-6,11,16H2,1-2H3. The van der Waals surface area contributed by atoms with Crippen LogP contribution in [0.15, 0.2) is 40.1 Å². The van der Waals surface area contributed by atoms with E-state index in [4.69, 9.17) is 5.73 Å². The lowest BCUT2D eigenvalue weighted by Gasteiger charge is -2.06. The first-order valence-corrected chi connectivity index (χ1v) is 8.25. The molecule has 0 aliphatic carbocycles. The van der Waals surface area contributed by atoms with E-state index in [1.54, 1.807) is 24.3 Å². The summed E-state index contributed by atoms with van der Waals surface area (Å²) in [5, 5.41) is 1.34. The maximum absolute atomic E-state index is 12.2. The summed E-state index contributed by atoms with van der Waals surface area (Å²) >= 11 is 0. The van der Waals surface area contributed by atoms with E-state index in [0.717, 1.165) is 36.8 Å². The molecule has 1 aromatic rings. The molecule has 0 saturated carbocycles. The molecule has 0 aromatic heterocycles. The Kier molecular flexibility index (Phi) is 6.25. The molecule has 0 saturated heterocycles. The van der Waals surface area contributed by atoms with Gasteiger partial charge in [0.1, 0.15) is 0 Å². The average Bonchev–Trinajstić information content (AvgIpc) is 2.38. The van der Waals surface area contributed by atoms with Crippen molar-refractivity contribution in [2.24, 2.45) is 5.73 Å². The van der Waals surface area contributed by atoms with E-state index in [1.165, 1.54) is 5.41 Å². The minimum absolute atomic E-state index is 0.300. The SMILES string of the molecule is CCCCCC(=CS(=O)(=O)c1ccc(C)cc1)CN. The molecule has 0 unspecified atom stereocenters. The topological polar surface area (TPSA) is 60.2 Å². The highest BCUT2D eigenvalue weighted by molar-refractivity contribution is 7.94. The molecule has 0 atom stereocenters. The van der Waals surface area contributed by atoms with Gasteiger partial charge in [-0.15, -0.1) is 0 Å². The van der Waals surface area contributed by atoms with Gasteiger partial charge in [-0.3, -0.25) is 0 Å². The molecule has 0 aliphatic rings. The van der Waals surface area contributed by atoms with Crippen LogP contribution in [-0.4, -0.2) is 15.0 Å². The van der Waals surface area contributed by atoms with Crippen molar-refractivity contribution >= 4 is 9.84 Å². The first-order chi connectivity index (χ1) is 8.99. The summed E-state index contributed by atoms with van der Waals surface area (Å²) in [7, 11) is -3.37. The van der Waals surface area contributed by atoms with Crippen LogP contribution in [0.1, 0.15) is 38.2 Å². The van der Waals surface area contributed by atoms with Gasteiger partial charge in [0.15, 0.2) is 9.84 Å². The average molecular weight is 281 g/mol. The third-order valence-corrected chi connectivity index (χ3v) is 4.61. The fourth-order valence-corrected chi connectivity index (χ4v) is 3.13. The van der Waals surface area contributed by atoms with Gasteiger partial charge in [0, 0.05) is 12.0 Å². The molecule has 2 N–H and O–H groups in total. The van der Waals surface area contributed by atoms with Crippen LogP contribution in [0, 0.1) is 6.92 Å². The molecule has 1 aromatic carbocycles. The zero-order valence-corrected chi connectivity index (χ0v) is 12.5. The molecule has 0 aliphatic heterocycles. The molecule has 4 heteroatoms. The van der Waals surface area contributed by atoms with Crippen LogP contribution >= 0.6 is 0 Å². The number of rotatable bonds is 7. The van der Waals surface area contributed by atoms with Gasteiger partial charge in [0.25, 0.3) is 0 Å². The number of benzene rings is 1. The van der Waals surface area contributed by atoms with Gasteiger partial charge in [-0.2, -0.15) is 0 Å². The molecule has 0 heterocycles. The molecule has 0 spiro atoms. The number of hydrogen-bond acceptors (Lipinski definition) is 3. The van der Waals surface area contributed by atoms with E-state index in [0.29, 0.717) is 11.4 Å². The fraction of sp³-hybridized carbons (Fsp3) is 0.467. The number of nitrogens with two attached hydrogens (primary N) is 1. The summed E-state index contributed by atoms with van der Waals surface area (Å²) in [5.41, 5.74) is 7.48. The normalized spacial score (nSPS) is 12.7. The van der Waals surface area contributed by atoms with E-state index in [1.807, 2.05) is 6.92 Å². The Morgan fingerprint density at radius 2 is 1.84 bits per heavy atom. The number of sulfone groups is 1. The van der Waals surface area contributed by atoms with E-state index in [-0.39, 0.29) is 0 Å². The van der Waals surface area contributed by atoms with Crippen LogP contribution in [0.25, 0.3) is 0 Å². The second-order valence-corrected chi connectivity index (χ2v) is 6.59. The first kappa shape index (κ1) is 15.9. The summed E-state index contributed by atoms with van der Waals surface area (Å²) in [4.78, 5) is 0.333. The van der Waals surface area contributed by atoms with Crippen molar-refractivity contribution in [3.05, 3.63) is 40.8 Å². The van der Waals surface area contributed by atoms with Gasteiger partial charge < -0.3 is 5.73 Å². The van der Waals surface area contributed by atoms with Crippen LogP contribution < -0.4 is 5.73 Å². The highest BCUT2D eigenvalue weighted by atomic mass is 32.2. The number of aryl methyl sites for hydroxylation is 1. The summed E-state index contributed by atoms with van der Waals surface area (Å²) in [5.74, 6) is 0. The predicted molar refractivity (Wildman–Crippen MR) is 79.6 cm³/mol. The molecule has 1 rings (SSSR count). The molecule has 19 heavy (non-hydrogen) atoms. The summed E-state index contributed by atoms with van der Waals surface area (Å²) in [6.45, 7) is 4.35. The van der Waals surface area contributed by atoms with Gasteiger partial charge in [-0.25, -0.2) is 8.42 Å². The van der Waals surface area contributed by atoms with Crippen LogP contribution in [0.5, 0.6) is 0 Å². The van der Waals surface area contributed by atoms with Crippen molar-refractivity contribution in [3.63, 3.8) is 0 Å². The molecule has 0 bridgehead atoms. The van der Waals surface area contributed by atoms with Gasteiger partial charge in [-0.1, -0.05) is 37.5 Å². The first-order valence-electron chi connectivity index (χ1n) is 6.71. The second-order valence-electron chi connectivity index (χ2n) is 4.80. The predicted octanol–water partition coefficient (Wildman–Crippen LogP) is 3.19.